The summed E-state index contributed by atoms with van der Waals surface area (Å²) in [5.41, 5.74) is 1.10. The van der Waals surface area contributed by atoms with Gasteiger partial charge in [-0.05, 0) is 23.7 Å². The Bertz CT molecular complexity index is 747. The molecule has 0 radical (unpaired) electrons. The molecule has 5 heteroatoms. The molecule has 1 aromatic heterocycles. The van der Waals surface area contributed by atoms with Crippen LogP contribution in [0.4, 0.5) is 4.39 Å². The van der Waals surface area contributed by atoms with Gasteiger partial charge in [0.05, 0.1) is 5.56 Å². The molecule has 3 aromatic rings. The fraction of sp³-hybridized carbons (Fsp3) is 0. The molecule has 0 bridgehead atoms. The first kappa shape index (κ1) is 12.7. The Hall–Kier alpha value is -2.33. The number of hydrogen-bond donors (Lipinski definition) is 0. The summed E-state index contributed by atoms with van der Waals surface area (Å²) in [4.78, 5) is 12.4. The largest absolute Gasteiger partial charge is 0.226 e. The van der Waals surface area contributed by atoms with E-state index in [1.54, 1.807) is 18.2 Å². The minimum Gasteiger partial charge on any atom is -0.208 e. The molecule has 0 fully saturated rings. The van der Waals surface area contributed by atoms with Crippen molar-refractivity contribution in [3.05, 3.63) is 65.7 Å². The van der Waals surface area contributed by atoms with E-state index in [2.05, 4.69) is 15.0 Å². The number of halogens is 2. The fourth-order valence-electron chi connectivity index (χ4n) is 1.83. The van der Waals surface area contributed by atoms with Crippen LogP contribution in [-0.2, 0) is 0 Å². The SMILES string of the molecule is Fc1ccccc1-c1nc(Cl)nc(-c2ccccc2)n1. The molecule has 0 saturated heterocycles. The monoisotopic (exact) mass is 285 g/mol. The van der Waals surface area contributed by atoms with Crippen molar-refractivity contribution in [1.82, 2.24) is 15.0 Å². The molecule has 0 amide bonds. The van der Waals surface area contributed by atoms with Crippen LogP contribution in [0.15, 0.2) is 54.6 Å². The Kier molecular flexibility index (Phi) is 3.39. The average Bonchev–Trinajstić information content (AvgIpc) is 2.48. The van der Waals surface area contributed by atoms with Gasteiger partial charge in [0, 0.05) is 5.56 Å². The topological polar surface area (TPSA) is 38.7 Å². The van der Waals surface area contributed by atoms with Crippen LogP contribution < -0.4 is 0 Å². The lowest BCUT2D eigenvalue weighted by molar-refractivity contribution is 0.630. The van der Waals surface area contributed by atoms with Crippen molar-refractivity contribution in [2.75, 3.05) is 0 Å². The van der Waals surface area contributed by atoms with E-state index in [1.807, 2.05) is 30.3 Å². The summed E-state index contributed by atoms with van der Waals surface area (Å²) in [6.45, 7) is 0. The van der Waals surface area contributed by atoms with Gasteiger partial charge in [-0.3, -0.25) is 0 Å². The summed E-state index contributed by atoms with van der Waals surface area (Å²) < 4.78 is 13.8. The summed E-state index contributed by atoms with van der Waals surface area (Å²) in [6, 6.07) is 15.6. The van der Waals surface area contributed by atoms with E-state index in [1.165, 1.54) is 6.07 Å². The number of hydrogen-bond acceptors (Lipinski definition) is 3. The van der Waals surface area contributed by atoms with E-state index >= 15 is 0 Å². The fourth-order valence-corrected chi connectivity index (χ4v) is 1.99. The summed E-state index contributed by atoms with van der Waals surface area (Å²) in [6.07, 6.45) is 0. The first-order valence-electron chi connectivity index (χ1n) is 5.96. The third-order valence-electron chi connectivity index (χ3n) is 2.75. The molecule has 0 aliphatic carbocycles. The second-order valence-corrected chi connectivity index (χ2v) is 4.44. The van der Waals surface area contributed by atoms with Crippen molar-refractivity contribution in [2.24, 2.45) is 0 Å². The molecule has 2 aromatic carbocycles. The van der Waals surface area contributed by atoms with Gasteiger partial charge in [0.1, 0.15) is 5.82 Å². The van der Waals surface area contributed by atoms with Gasteiger partial charge in [-0.15, -0.1) is 0 Å². The number of nitrogens with zero attached hydrogens (tertiary/aromatic N) is 3. The number of benzene rings is 2. The molecule has 3 rings (SSSR count). The van der Waals surface area contributed by atoms with Crippen LogP contribution >= 0.6 is 11.6 Å². The highest BCUT2D eigenvalue weighted by molar-refractivity contribution is 6.28. The van der Waals surface area contributed by atoms with Crippen molar-refractivity contribution >= 4 is 11.6 Å². The first-order chi connectivity index (χ1) is 9.74. The summed E-state index contributed by atoms with van der Waals surface area (Å²) in [5.74, 6) is 0.250. The quantitative estimate of drug-likeness (QED) is 0.714. The van der Waals surface area contributed by atoms with Crippen molar-refractivity contribution in [3.8, 4) is 22.8 Å². The van der Waals surface area contributed by atoms with Gasteiger partial charge in [-0.2, -0.15) is 9.97 Å². The second kappa shape index (κ2) is 5.35. The van der Waals surface area contributed by atoms with Crippen molar-refractivity contribution in [2.45, 2.75) is 0 Å². The highest BCUT2D eigenvalue weighted by Gasteiger charge is 2.11. The Morgan fingerprint density at radius 2 is 1.40 bits per heavy atom. The zero-order chi connectivity index (χ0) is 13.9. The smallest absolute Gasteiger partial charge is 0.208 e. The molecule has 0 aliphatic rings. The van der Waals surface area contributed by atoms with Gasteiger partial charge in [0.25, 0.3) is 0 Å². The van der Waals surface area contributed by atoms with Gasteiger partial charge in [-0.25, -0.2) is 9.37 Å². The minimum absolute atomic E-state index is 0.0390. The van der Waals surface area contributed by atoms with Gasteiger partial charge in [0.2, 0.25) is 5.28 Å². The molecule has 20 heavy (non-hydrogen) atoms. The summed E-state index contributed by atoms with van der Waals surface area (Å²) >= 11 is 5.92. The van der Waals surface area contributed by atoms with Gasteiger partial charge >= 0.3 is 0 Å². The van der Waals surface area contributed by atoms with E-state index in [9.17, 15) is 4.39 Å². The van der Waals surface area contributed by atoms with E-state index in [0.717, 1.165) is 5.56 Å². The second-order valence-electron chi connectivity index (χ2n) is 4.10. The normalized spacial score (nSPS) is 10.5. The molecule has 0 saturated carbocycles. The predicted octanol–water partition coefficient (Wildman–Crippen LogP) is 4.00. The van der Waals surface area contributed by atoms with E-state index in [0.29, 0.717) is 11.4 Å². The Morgan fingerprint density at radius 3 is 2.15 bits per heavy atom. The lowest BCUT2D eigenvalue weighted by Gasteiger charge is -2.05. The van der Waals surface area contributed by atoms with Crippen LogP contribution in [-0.4, -0.2) is 15.0 Å². The van der Waals surface area contributed by atoms with E-state index in [4.69, 9.17) is 11.6 Å². The summed E-state index contributed by atoms with van der Waals surface area (Å²) in [5, 5.41) is 0.0390. The Balaban J connectivity index is 2.15. The third kappa shape index (κ3) is 2.51. The molecular formula is C15H9ClFN3. The number of aromatic nitrogens is 3. The van der Waals surface area contributed by atoms with Crippen LogP contribution in [0.25, 0.3) is 22.8 Å². The molecule has 0 atom stereocenters. The minimum atomic E-state index is -0.395. The lowest BCUT2D eigenvalue weighted by atomic mass is 10.2. The number of rotatable bonds is 2. The van der Waals surface area contributed by atoms with Crippen LogP contribution in [0.2, 0.25) is 5.28 Å². The maximum absolute atomic E-state index is 13.8. The van der Waals surface area contributed by atoms with Gasteiger partial charge in [-0.1, -0.05) is 42.5 Å². The highest BCUT2D eigenvalue weighted by atomic mass is 35.5. The van der Waals surface area contributed by atoms with Gasteiger partial charge in [0.15, 0.2) is 11.6 Å². The standard InChI is InChI=1S/C15H9ClFN3/c16-15-19-13(10-6-2-1-3-7-10)18-14(20-15)11-8-4-5-9-12(11)17/h1-9H. The molecule has 1 heterocycles. The van der Waals surface area contributed by atoms with E-state index in [-0.39, 0.29) is 11.1 Å². The van der Waals surface area contributed by atoms with Crippen LogP contribution in [0.5, 0.6) is 0 Å². The first-order valence-corrected chi connectivity index (χ1v) is 6.34. The van der Waals surface area contributed by atoms with Crippen LogP contribution in [0.1, 0.15) is 0 Å². The van der Waals surface area contributed by atoms with Gasteiger partial charge < -0.3 is 0 Å². The third-order valence-corrected chi connectivity index (χ3v) is 2.92. The molecule has 0 spiro atoms. The van der Waals surface area contributed by atoms with Crippen LogP contribution in [0, 0.1) is 5.82 Å². The average molecular weight is 286 g/mol. The Labute approximate surface area is 120 Å². The van der Waals surface area contributed by atoms with Crippen molar-refractivity contribution in [3.63, 3.8) is 0 Å². The van der Waals surface area contributed by atoms with Crippen molar-refractivity contribution in [1.29, 1.82) is 0 Å². The molecule has 0 N–H and O–H groups in total. The molecule has 0 aliphatic heterocycles. The maximum Gasteiger partial charge on any atom is 0.226 e. The highest BCUT2D eigenvalue weighted by Crippen LogP contribution is 2.23. The maximum atomic E-state index is 13.8. The van der Waals surface area contributed by atoms with Crippen LogP contribution in [0.3, 0.4) is 0 Å². The molecular weight excluding hydrogens is 277 g/mol. The molecule has 3 nitrogen and oxygen atoms in total. The summed E-state index contributed by atoms with van der Waals surface area (Å²) in [7, 11) is 0. The predicted molar refractivity (Wildman–Crippen MR) is 75.7 cm³/mol. The van der Waals surface area contributed by atoms with E-state index < -0.39 is 5.82 Å². The zero-order valence-electron chi connectivity index (χ0n) is 10.3. The molecule has 0 unspecified atom stereocenters. The molecule has 98 valence electrons. The zero-order valence-corrected chi connectivity index (χ0v) is 11.0. The lowest BCUT2D eigenvalue weighted by Crippen LogP contribution is -1.98. The Morgan fingerprint density at radius 1 is 0.750 bits per heavy atom. The van der Waals surface area contributed by atoms with Crippen molar-refractivity contribution < 1.29 is 4.39 Å².